The summed E-state index contributed by atoms with van der Waals surface area (Å²) in [5, 5.41) is 7.97. The molecule has 0 spiro atoms. The van der Waals surface area contributed by atoms with Crippen LogP contribution in [-0.4, -0.2) is 122 Å². The molecule has 0 rings (SSSR count). The molecular weight excluding hydrogens is 575 g/mol. The van der Waals surface area contributed by atoms with Crippen LogP contribution in [0.1, 0.15) is 0 Å². The molecular formula is C16H45N3O9Si7. The van der Waals surface area contributed by atoms with Crippen LogP contribution in [0.3, 0.4) is 0 Å². The second-order valence-electron chi connectivity index (χ2n) is 7.31. The van der Waals surface area contributed by atoms with E-state index in [9.17, 15) is 14.4 Å². The highest BCUT2D eigenvalue weighted by Gasteiger charge is 2.83. The fraction of sp³-hybridized carbons (Fsp3) is 0.812. The van der Waals surface area contributed by atoms with Gasteiger partial charge in [-0.2, -0.15) is 0 Å². The maximum atomic E-state index is 13.9. The van der Waals surface area contributed by atoms with Crippen LogP contribution in [0.4, 0.5) is 0 Å². The molecule has 0 saturated carbocycles. The third kappa shape index (κ3) is 6.06. The molecule has 206 valence electrons. The lowest BCUT2D eigenvalue weighted by Crippen LogP contribution is -2.91. The summed E-state index contributed by atoms with van der Waals surface area (Å²) in [4.78, 5) is 41.6. The summed E-state index contributed by atoms with van der Waals surface area (Å²) in [6.45, 7) is 12.8. The van der Waals surface area contributed by atoms with Crippen molar-refractivity contribution < 1.29 is 40.9 Å². The minimum Gasteiger partial charge on any atom is -0.394 e. The van der Waals surface area contributed by atoms with Gasteiger partial charge in [-0.1, -0.05) is 45.8 Å². The van der Waals surface area contributed by atoms with Gasteiger partial charge in [0.15, 0.2) is 58.6 Å². The van der Waals surface area contributed by atoms with Gasteiger partial charge in [0.25, 0.3) is 25.8 Å². The molecule has 12 nitrogen and oxygen atoms in total. The Kier molecular flexibility index (Phi) is 15.7. The number of carbonyl (C=O) groups excluding carboxylic acids is 3. The number of rotatable bonds is 18. The molecule has 3 N–H and O–H groups in total. The average Bonchev–Trinajstić information content (AvgIpc) is 2.85. The van der Waals surface area contributed by atoms with E-state index in [0.29, 0.717) is 0 Å². The highest BCUT2D eigenvalue weighted by Crippen LogP contribution is 2.47. The first kappa shape index (κ1) is 34.7. The maximum Gasteiger partial charge on any atom is 0.288 e. The zero-order valence-corrected chi connectivity index (χ0v) is 32.4. The summed E-state index contributed by atoms with van der Waals surface area (Å²) in [5.41, 5.74) is -6.07. The van der Waals surface area contributed by atoms with Crippen molar-refractivity contribution in [2.45, 2.75) is 62.1 Å². The van der Waals surface area contributed by atoms with Gasteiger partial charge in [-0.3, -0.25) is 14.4 Å². The van der Waals surface area contributed by atoms with E-state index in [2.05, 4.69) is 16.0 Å². The van der Waals surface area contributed by atoms with E-state index < -0.39 is 101 Å². The fourth-order valence-corrected chi connectivity index (χ4v) is 21.2. The smallest absolute Gasteiger partial charge is 0.288 e. The largest absolute Gasteiger partial charge is 0.394 e. The number of carbonyl (C=O) groups is 3. The van der Waals surface area contributed by atoms with Gasteiger partial charge in [0.2, 0.25) is 16.2 Å². The van der Waals surface area contributed by atoms with Gasteiger partial charge < -0.3 is 42.5 Å². The van der Waals surface area contributed by atoms with Crippen molar-refractivity contribution >= 4 is 84.4 Å². The van der Waals surface area contributed by atoms with Crippen LogP contribution in [-0.2, 0) is 40.9 Å². The van der Waals surface area contributed by atoms with Gasteiger partial charge in [-0.15, -0.1) is 0 Å². The Hall–Kier alpha value is -0.312. The quantitative estimate of drug-likeness (QED) is 0.101. The molecule has 0 heterocycles. The van der Waals surface area contributed by atoms with Crippen LogP contribution in [0.2, 0.25) is 45.8 Å². The first-order valence-electron chi connectivity index (χ1n) is 12.1. The lowest BCUT2D eigenvalue weighted by atomic mass is 10.5. The van der Waals surface area contributed by atoms with Crippen molar-refractivity contribution in [3.8, 4) is 0 Å². The number of nitrogens with one attached hydrogen (secondary N) is 3. The molecule has 0 bridgehead atoms. The van der Waals surface area contributed by atoms with E-state index in [1.54, 1.807) is 6.55 Å². The Morgan fingerprint density at radius 2 is 0.686 bits per heavy atom. The molecule has 0 aromatic rings. The average molecular weight is 620 g/mol. The molecule has 0 aliphatic rings. The normalized spacial score (nSPS) is 20.4. The van der Waals surface area contributed by atoms with E-state index in [1.165, 1.54) is 21.1 Å². The van der Waals surface area contributed by atoms with Crippen LogP contribution >= 0.6 is 0 Å². The van der Waals surface area contributed by atoms with Crippen LogP contribution in [0, 0.1) is 0 Å². The number of amides is 3. The zero-order valence-electron chi connectivity index (χ0n) is 22.9. The molecule has 0 aromatic carbocycles. The van der Waals surface area contributed by atoms with Crippen molar-refractivity contribution in [3.05, 3.63) is 0 Å². The van der Waals surface area contributed by atoms with Crippen molar-refractivity contribution in [1.29, 1.82) is 0 Å². The summed E-state index contributed by atoms with van der Waals surface area (Å²) in [6.07, 6.45) is 0. The van der Waals surface area contributed by atoms with E-state index in [4.69, 9.17) is 26.6 Å². The maximum absolute atomic E-state index is 13.9. The highest BCUT2D eigenvalue weighted by molar-refractivity contribution is 6.94. The second kappa shape index (κ2) is 15.8. The first-order valence-corrected chi connectivity index (χ1v) is 26.5. The van der Waals surface area contributed by atoms with Crippen LogP contribution in [0.15, 0.2) is 0 Å². The molecule has 0 saturated heterocycles. The van der Waals surface area contributed by atoms with E-state index in [0.717, 1.165) is 0 Å². The summed E-state index contributed by atoms with van der Waals surface area (Å²) in [7, 11) is -8.00. The van der Waals surface area contributed by atoms with Gasteiger partial charge in [-0.25, -0.2) is 0 Å². The predicted molar refractivity (Wildman–Crippen MR) is 155 cm³/mol. The van der Waals surface area contributed by atoms with Crippen LogP contribution < -0.4 is 16.0 Å². The standard InChI is InChI=1S/C16H45N3O9Si7/c1-17-11(20)14(23-29-4,24-30-5)35(10,15(25-31-6,26-32-7)12(21)18-2)16(27-33-8,28-34-9)13(22)19-3/h29-34H2,1-10H3,(H,17,20)(H,18,21)(H,19,22). The van der Waals surface area contributed by atoms with Crippen LogP contribution in [0.25, 0.3) is 0 Å². The minimum absolute atomic E-state index is 0.609. The zero-order chi connectivity index (χ0) is 27.3. The molecule has 0 atom stereocenters. The summed E-state index contributed by atoms with van der Waals surface area (Å²) >= 11 is 0. The summed E-state index contributed by atoms with van der Waals surface area (Å²) < 4.78 is 38.1. The Morgan fingerprint density at radius 3 is 0.800 bits per heavy atom. The molecule has 0 aromatic heterocycles. The molecule has 0 aliphatic heterocycles. The SMILES string of the molecule is CNC(=O)C(O[SiH2]C)(O[SiH2]C)[Si](C)(C(O[SiH2]C)(O[SiH2]C)C(=O)NC)C(O[SiH2]C)(O[SiH2]C)C(=O)NC. The molecule has 35 heavy (non-hydrogen) atoms. The van der Waals surface area contributed by atoms with Crippen LogP contribution in [0.5, 0.6) is 0 Å². The molecule has 0 radical (unpaired) electrons. The number of likely N-dealkylation sites (N-methyl/N-ethyl adjacent to an activating group) is 3. The molecule has 0 unspecified atom stereocenters. The van der Waals surface area contributed by atoms with E-state index in [1.807, 2.05) is 39.3 Å². The second-order valence-corrected chi connectivity index (χ2v) is 16.7. The summed E-state index contributed by atoms with van der Waals surface area (Å²) in [5.74, 6) is -1.83. The Labute approximate surface area is 224 Å². The highest BCUT2D eigenvalue weighted by atomic mass is 28.3. The minimum atomic E-state index is -4.33. The van der Waals surface area contributed by atoms with Crippen molar-refractivity contribution in [3.63, 3.8) is 0 Å². The fourth-order valence-electron chi connectivity index (χ4n) is 4.43. The van der Waals surface area contributed by atoms with Crippen molar-refractivity contribution in [2.75, 3.05) is 21.1 Å². The lowest BCUT2D eigenvalue weighted by molar-refractivity contribution is -0.178. The molecule has 0 fully saturated rings. The van der Waals surface area contributed by atoms with Gasteiger partial charge in [0.1, 0.15) is 0 Å². The van der Waals surface area contributed by atoms with Crippen molar-refractivity contribution in [1.82, 2.24) is 16.0 Å². The first-order chi connectivity index (χ1) is 16.6. The molecule has 19 heteroatoms. The van der Waals surface area contributed by atoms with Gasteiger partial charge in [0, 0.05) is 21.1 Å². The lowest BCUT2D eigenvalue weighted by Gasteiger charge is -2.59. The Morgan fingerprint density at radius 1 is 0.514 bits per heavy atom. The van der Waals surface area contributed by atoms with Crippen molar-refractivity contribution in [2.24, 2.45) is 0 Å². The monoisotopic (exact) mass is 619 g/mol. The number of hydrogen-bond donors (Lipinski definition) is 3. The van der Waals surface area contributed by atoms with Gasteiger partial charge >= 0.3 is 0 Å². The van der Waals surface area contributed by atoms with Gasteiger partial charge in [-0.05, 0) is 0 Å². The van der Waals surface area contributed by atoms with Gasteiger partial charge in [0.05, 0.1) is 0 Å². The Bertz CT molecular complexity index is 601. The third-order valence-electron chi connectivity index (χ3n) is 5.64. The Balaban J connectivity index is 8.40. The molecule has 3 amide bonds. The topological polar surface area (TPSA) is 143 Å². The van der Waals surface area contributed by atoms with E-state index >= 15 is 0 Å². The predicted octanol–water partition coefficient (Wildman–Crippen LogP) is -5.10. The molecule has 0 aliphatic carbocycles. The van der Waals surface area contributed by atoms with E-state index in [-0.39, 0.29) is 0 Å². The third-order valence-corrected chi connectivity index (χ3v) is 17.0. The summed E-state index contributed by atoms with van der Waals surface area (Å²) in [6, 6.07) is 0. The number of hydrogen-bond acceptors (Lipinski definition) is 9.